The molecule has 1 aromatic heterocycles. The minimum absolute atomic E-state index is 0.0620. The van der Waals surface area contributed by atoms with Crippen molar-refractivity contribution in [2.24, 2.45) is 5.73 Å². The third-order valence-corrected chi connectivity index (χ3v) is 3.64. The number of aryl methyl sites for hydroxylation is 1. The van der Waals surface area contributed by atoms with Gasteiger partial charge in [-0.1, -0.05) is 29.3 Å². The molecule has 104 valence electrons. The van der Waals surface area contributed by atoms with E-state index in [0.29, 0.717) is 5.56 Å². The van der Waals surface area contributed by atoms with Gasteiger partial charge in [0, 0.05) is 5.56 Å². The molecule has 0 aliphatic rings. The Morgan fingerprint density at radius 2 is 2.10 bits per heavy atom. The Labute approximate surface area is 124 Å². The van der Waals surface area contributed by atoms with Crippen molar-refractivity contribution in [3.63, 3.8) is 0 Å². The van der Waals surface area contributed by atoms with Crippen molar-refractivity contribution in [2.45, 2.75) is 13.5 Å². The summed E-state index contributed by atoms with van der Waals surface area (Å²) < 4.78 is 1.21. The summed E-state index contributed by atoms with van der Waals surface area (Å²) in [4.78, 5) is 23.0. The first-order valence-electron chi connectivity index (χ1n) is 5.70. The largest absolute Gasteiger partial charge is 0.366 e. The minimum Gasteiger partial charge on any atom is -0.366 e. The number of nitrogens with zero attached hydrogens (tertiary/aromatic N) is 2. The summed E-state index contributed by atoms with van der Waals surface area (Å²) in [5.74, 6) is -0.496. The average molecular weight is 312 g/mol. The van der Waals surface area contributed by atoms with E-state index in [1.165, 1.54) is 10.9 Å². The Hall–Kier alpha value is -1.85. The fourth-order valence-electron chi connectivity index (χ4n) is 1.75. The molecule has 0 bridgehead atoms. The lowest BCUT2D eigenvalue weighted by atomic mass is 10.0. The Balaban J connectivity index is 2.38. The van der Waals surface area contributed by atoms with E-state index in [1.807, 2.05) is 6.92 Å². The Morgan fingerprint density at radius 3 is 2.70 bits per heavy atom. The molecule has 2 N–H and O–H groups in total. The number of carbonyl (C=O) groups excluding carboxylic acids is 1. The molecule has 5 nitrogen and oxygen atoms in total. The molecule has 0 aliphatic heterocycles. The van der Waals surface area contributed by atoms with Crippen molar-refractivity contribution in [3.05, 3.63) is 61.5 Å². The number of halogens is 2. The Bertz CT molecular complexity index is 741. The van der Waals surface area contributed by atoms with E-state index in [0.717, 1.165) is 11.1 Å². The molecule has 0 aliphatic carbocycles. The lowest BCUT2D eigenvalue weighted by molar-refractivity contribution is 0.1000. The van der Waals surface area contributed by atoms with Crippen LogP contribution in [0.1, 0.15) is 21.5 Å². The zero-order chi connectivity index (χ0) is 14.9. The predicted molar refractivity (Wildman–Crippen MR) is 77.3 cm³/mol. The lowest BCUT2D eigenvalue weighted by Gasteiger charge is -2.09. The molecule has 20 heavy (non-hydrogen) atoms. The van der Waals surface area contributed by atoms with Gasteiger partial charge in [0.1, 0.15) is 5.02 Å². The Morgan fingerprint density at radius 1 is 1.40 bits per heavy atom. The van der Waals surface area contributed by atoms with Crippen LogP contribution in [0.15, 0.2) is 29.2 Å². The summed E-state index contributed by atoms with van der Waals surface area (Å²) in [7, 11) is 0. The second-order valence-corrected chi connectivity index (χ2v) is 5.06. The van der Waals surface area contributed by atoms with E-state index in [1.54, 1.807) is 18.2 Å². The van der Waals surface area contributed by atoms with Gasteiger partial charge in [-0.3, -0.25) is 9.59 Å². The smallest absolute Gasteiger partial charge is 0.287 e. The number of nitrogens with two attached hydrogens (primary N) is 1. The van der Waals surface area contributed by atoms with E-state index in [9.17, 15) is 9.59 Å². The van der Waals surface area contributed by atoms with Gasteiger partial charge < -0.3 is 5.73 Å². The fraction of sp³-hybridized carbons (Fsp3) is 0.154. The number of hydrogen-bond acceptors (Lipinski definition) is 3. The van der Waals surface area contributed by atoms with E-state index >= 15 is 0 Å². The average Bonchev–Trinajstić information content (AvgIpc) is 2.41. The topological polar surface area (TPSA) is 78.0 Å². The van der Waals surface area contributed by atoms with E-state index < -0.39 is 11.5 Å². The van der Waals surface area contributed by atoms with Crippen molar-refractivity contribution in [1.82, 2.24) is 9.78 Å². The highest BCUT2D eigenvalue weighted by molar-refractivity contribution is 6.41. The van der Waals surface area contributed by atoms with Crippen LogP contribution in [0.4, 0.5) is 0 Å². The van der Waals surface area contributed by atoms with Crippen molar-refractivity contribution in [2.75, 3.05) is 0 Å². The molecule has 1 aromatic carbocycles. The molecule has 0 spiro atoms. The highest BCUT2D eigenvalue weighted by Crippen LogP contribution is 2.16. The van der Waals surface area contributed by atoms with Crippen LogP contribution in [0, 0.1) is 6.92 Å². The summed E-state index contributed by atoms with van der Waals surface area (Å²) in [6.45, 7) is 2.06. The normalized spacial score (nSPS) is 10.6. The maximum absolute atomic E-state index is 11.9. The molecule has 2 rings (SSSR count). The van der Waals surface area contributed by atoms with Gasteiger partial charge in [0.2, 0.25) is 5.91 Å². The number of primary amides is 1. The van der Waals surface area contributed by atoms with Gasteiger partial charge in [-0.15, -0.1) is 0 Å². The van der Waals surface area contributed by atoms with Crippen LogP contribution in [0.2, 0.25) is 10.0 Å². The zero-order valence-electron chi connectivity index (χ0n) is 10.6. The van der Waals surface area contributed by atoms with Crippen molar-refractivity contribution < 1.29 is 4.79 Å². The summed E-state index contributed by atoms with van der Waals surface area (Å²) in [6.07, 6.45) is 1.32. The third-order valence-electron chi connectivity index (χ3n) is 2.89. The number of rotatable bonds is 3. The maximum Gasteiger partial charge on any atom is 0.287 e. The first-order chi connectivity index (χ1) is 9.40. The van der Waals surface area contributed by atoms with Gasteiger partial charge in [0.15, 0.2) is 0 Å². The molecule has 0 saturated heterocycles. The standard InChI is InChI=1S/C13H11Cl2N3O2/c1-7-4-8(12(16)19)2-3-9(7)6-18-13(20)11(15)10(14)5-17-18/h2-5H,6H2,1H3,(H2,16,19). The van der Waals surface area contributed by atoms with Crippen LogP contribution in [0.25, 0.3) is 0 Å². The van der Waals surface area contributed by atoms with Crippen molar-refractivity contribution >= 4 is 29.1 Å². The zero-order valence-corrected chi connectivity index (χ0v) is 12.1. The van der Waals surface area contributed by atoms with E-state index in [-0.39, 0.29) is 16.6 Å². The first-order valence-corrected chi connectivity index (χ1v) is 6.46. The third kappa shape index (κ3) is 2.84. The summed E-state index contributed by atoms with van der Waals surface area (Å²) in [6, 6.07) is 5.00. The van der Waals surface area contributed by atoms with Crippen LogP contribution < -0.4 is 11.3 Å². The van der Waals surface area contributed by atoms with Gasteiger partial charge in [-0.2, -0.15) is 5.10 Å². The van der Waals surface area contributed by atoms with Crippen LogP contribution in [0.5, 0.6) is 0 Å². The molecular formula is C13H11Cl2N3O2. The highest BCUT2D eigenvalue weighted by Gasteiger charge is 2.10. The second kappa shape index (κ2) is 5.64. The minimum atomic E-state index is -0.496. The molecule has 0 fully saturated rings. The maximum atomic E-state index is 11.9. The lowest BCUT2D eigenvalue weighted by Crippen LogP contribution is -2.24. The summed E-state index contributed by atoms with van der Waals surface area (Å²) >= 11 is 11.5. The quantitative estimate of drug-likeness (QED) is 0.941. The van der Waals surface area contributed by atoms with Crippen LogP contribution in [-0.2, 0) is 6.54 Å². The molecule has 1 amide bonds. The number of hydrogen-bond donors (Lipinski definition) is 1. The highest BCUT2D eigenvalue weighted by atomic mass is 35.5. The fourth-order valence-corrected chi connectivity index (χ4v) is 2.02. The van der Waals surface area contributed by atoms with Gasteiger partial charge in [0.05, 0.1) is 17.8 Å². The number of aromatic nitrogens is 2. The number of carbonyl (C=O) groups is 1. The molecule has 1 heterocycles. The monoisotopic (exact) mass is 311 g/mol. The van der Waals surface area contributed by atoms with Gasteiger partial charge in [-0.05, 0) is 30.2 Å². The van der Waals surface area contributed by atoms with Crippen LogP contribution in [0.3, 0.4) is 0 Å². The molecule has 7 heteroatoms. The van der Waals surface area contributed by atoms with Crippen molar-refractivity contribution in [3.8, 4) is 0 Å². The van der Waals surface area contributed by atoms with Gasteiger partial charge in [-0.25, -0.2) is 4.68 Å². The van der Waals surface area contributed by atoms with Crippen molar-refractivity contribution in [1.29, 1.82) is 0 Å². The number of amides is 1. The molecule has 0 radical (unpaired) electrons. The number of benzene rings is 1. The first kappa shape index (κ1) is 14.6. The molecule has 0 atom stereocenters. The van der Waals surface area contributed by atoms with E-state index in [2.05, 4.69) is 5.10 Å². The summed E-state index contributed by atoms with van der Waals surface area (Å²) in [5, 5.41) is 3.99. The molecule has 0 saturated carbocycles. The van der Waals surface area contributed by atoms with Gasteiger partial charge >= 0.3 is 0 Å². The molecule has 0 unspecified atom stereocenters. The van der Waals surface area contributed by atoms with Crippen LogP contribution >= 0.6 is 23.2 Å². The van der Waals surface area contributed by atoms with E-state index in [4.69, 9.17) is 28.9 Å². The Kier molecular flexibility index (Phi) is 4.11. The summed E-state index contributed by atoms with van der Waals surface area (Å²) in [5.41, 5.74) is 6.83. The molecule has 2 aromatic rings. The predicted octanol–water partition coefficient (Wildman–Crippen LogP) is 2.01. The second-order valence-electron chi connectivity index (χ2n) is 4.27. The SMILES string of the molecule is Cc1cc(C(N)=O)ccc1Cn1ncc(Cl)c(Cl)c1=O. The van der Waals surface area contributed by atoms with Crippen LogP contribution in [-0.4, -0.2) is 15.7 Å². The van der Waals surface area contributed by atoms with Gasteiger partial charge in [0.25, 0.3) is 5.56 Å². The molecular weight excluding hydrogens is 301 g/mol.